The zero-order valence-electron chi connectivity index (χ0n) is 16.5. The number of aliphatic hydroxyl groups excluding tert-OH is 1. The molecular formula is C22H28IN5O. The highest BCUT2D eigenvalue weighted by Gasteiger charge is 2.11. The molecule has 0 bridgehead atoms. The summed E-state index contributed by atoms with van der Waals surface area (Å²) in [6.45, 7) is 4.02. The number of nitrogens with one attached hydrogen (secondary N) is 2. The molecule has 2 aromatic carbocycles. The number of rotatable bonds is 8. The molecule has 1 aromatic heterocycles. The van der Waals surface area contributed by atoms with Crippen molar-refractivity contribution in [1.29, 1.82) is 0 Å². The lowest BCUT2D eigenvalue weighted by molar-refractivity contribution is 0.265. The molecule has 0 fully saturated rings. The molecular weight excluding hydrogens is 477 g/mol. The van der Waals surface area contributed by atoms with Gasteiger partial charge >= 0.3 is 0 Å². The van der Waals surface area contributed by atoms with Crippen molar-refractivity contribution < 1.29 is 5.11 Å². The third-order valence-corrected chi connectivity index (χ3v) is 4.43. The molecule has 0 aliphatic rings. The topological polar surface area (TPSA) is 74.5 Å². The van der Waals surface area contributed by atoms with Crippen molar-refractivity contribution in [1.82, 2.24) is 20.4 Å². The Morgan fingerprint density at radius 1 is 1.07 bits per heavy atom. The Bertz CT molecular complexity index is 867. The van der Waals surface area contributed by atoms with E-state index in [9.17, 15) is 5.11 Å². The molecule has 3 N–H and O–H groups in total. The van der Waals surface area contributed by atoms with Gasteiger partial charge in [-0.2, -0.15) is 5.10 Å². The summed E-state index contributed by atoms with van der Waals surface area (Å²) in [6.07, 6.45) is 3.82. The Hall–Kier alpha value is -2.39. The van der Waals surface area contributed by atoms with Crippen LogP contribution < -0.4 is 10.6 Å². The molecule has 3 aromatic rings. The molecule has 0 amide bonds. The Morgan fingerprint density at radius 3 is 2.41 bits per heavy atom. The van der Waals surface area contributed by atoms with Gasteiger partial charge in [0.05, 0.1) is 25.0 Å². The average molecular weight is 505 g/mol. The lowest BCUT2D eigenvalue weighted by Crippen LogP contribution is -2.39. The first kappa shape index (κ1) is 22.9. The SMILES string of the molecule is CCNC(=NCc1cnn(-c2ccccc2)c1)NCC(CO)c1ccccc1.I. The average Bonchev–Trinajstić information content (AvgIpc) is 3.23. The quantitative estimate of drug-likeness (QED) is 0.250. The van der Waals surface area contributed by atoms with Crippen molar-refractivity contribution >= 4 is 29.9 Å². The number of aromatic nitrogens is 2. The monoisotopic (exact) mass is 505 g/mol. The minimum atomic E-state index is 0. The number of hydrogen-bond acceptors (Lipinski definition) is 3. The van der Waals surface area contributed by atoms with Crippen LogP contribution in [0.15, 0.2) is 78.0 Å². The summed E-state index contributed by atoms with van der Waals surface area (Å²) >= 11 is 0. The zero-order valence-corrected chi connectivity index (χ0v) is 18.9. The molecule has 0 aliphatic heterocycles. The second-order valence-corrected chi connectivity index (χ2v) is 6.49. The van der Waals surface area contributed by atoms with Gasteiger partial charge in [-0.3, -0.25) is 0 Å². The molecule has 29 heavy (non-hydrogen) atoms. The van der Waals surface area contributed by atoms with Gasteiger partial charge in [0.15, 0.2) is 5.96 Å². The van der Waals surface area contributed by atoms with Crippen molar-refractivity contribution in [3.05, 3.63) is 84.2 Å². The summed E-state index contributed by atoms with van der Waals surface area (Å²) in [6, 6.07) is 20.0. The molecule has 1 atom stereocenters. The van der Waals surface area contributed by atoms with Gasteiger partial charge in [0.25, 0.3) is 0 Å². The van der Waals surface area contributed by atoms with Crippen LogP contribution in [0.2, 0.25) is 0 Å². The summed E-state index contributed by atoms with van der Waals surface area (Å²) in [4.78, 5) is 4.65. The fourth-order valence-corrected chi connectivity index (χ4v) is 2.91. The van der Waals surface area contributed by atoms with Gasteiger partial charge in [0.2, 0.25) is 0 Å². The second-order valence-electron chi connectivity index (χ2n) is 6.49. The van der Waals surface area contributed by atoms with E-state index in [1.165, 1.54) is 0 Å². The van der Waals surface area contributed by atoms with E-state index in [1.54, 1.807) is 0 Å². The molecule has 0 radical (unpaired) electrons. The lowest BCUT2D eigenvalue weighted by Gasteiger charge is -2.18. The van der Waals surface area contributed by atoms with Crippen LogP contribution in [0.5, 0.6) is 0 Å². The Morgan fingerprint density at radius 2 is 1.76 bits per heavy atom. The summed E-state index contributed by atoms with van der Waals surface area (Å²) < 4.78 is 1.85. The van der Waals surface area contributed by atoms with Gasteiger partial charge in [-0.25, -0.2) is 9.67 Å². The van der Waals surface area contributed by atoms with Crippen LogP contribution in [-0.2, 0) is 6.54 Å². The number of aliphatic hydroxyl groups is 1. The molecule has 1 heterocycles. The van der Waals surface area contributed by atoms with Crippen LogP contribution in [0.25, 0.3) is 5.69 Å². The lowest BCUT2D eigenvalue weighted by atomic mass is 10.0. The zero-order chi connectivity index (χ0) is 19.6. The Balaban J connectivity index is 0.00000300. The van der Waals surface area contributed by atoms with Gasteiger partial charge in [0.1, 0.15) is 0 Å². The highest BCUT2D eigenvalue weighted by molar-refractivity contribution is 14.0. The molecule has 6 nitrogen and oxygen atoms in total. The largest absolute Gasteiger partial charge is 0.396 e. The van der Waals surface area contributed by atoms with E-state index in [1.807, 2.05) is 84.7 Å². The number of aliphatic imine (C=N–C) groups is 1. The normalized spacial score (nSPS) is 12.1. The number of para-hydroxylation sites is 1. The Labute approximate surface area is 189 Å². The molecule has 154 valence electrons. The van der Waals surface area contributed by atoms with Crippen LogP contribution in [0, 0.1) is 0 Å². The van der Waals surface area contributed by atoms with Crippen LogP contribution in [-0.4, -0.2) is 40.5 Å². The molecule has 0 saturated carbocycles. The van der Waals surface area contributed by atoms with E-state index in [0.717, 1.165) is 29.3 Å². The minimum Gasteiger partial charge on any atom is -0.396 e. The summed E-state index contributed by atoms with van der Waals surface area (Å²) in [7, 11) is 0. The van der Waals surface area contributed by atoms with Crippen molar-refractivity contribution in [2.75, 3.05) is 19.7 Å². The molecule has 0 spiro atoms. The number of benzene rings is 2. The maximum Gasteiger partial charge on any atom is 0.191 e. The van der Waals surface area contributed by atoms with E-state index in [4.69, 9.17) is 0 Å². The number of nitrogens with zero attached hydrogens (tertiary/aromatic N) is 3. The number of hydrogen-bond donors (Lipinski definition) is 3. The second kappa shape index (κ2) is 12.2. The predicted molar refractivity (Wildman–Crippen MR) is 128 cm³/mol. The molecule has 7 heteroatoms. The highest BCUT2D eigenvalue weighted by atomic mass is 127. The van der Waals surface area contributed by atoms with Crippen molar-refractivity contribution in [3.63, 3.8) is 0 Å². The van der Waals surface area contributed by atoms with E-state index >= 15 is 0 Å². The maximum atomic E-state index is 9.73. The maximum absolute atomic E-state index is 9.73. The van der Waals surface area contributed by atoms with E-state index in [2.05, 4.69) is 20.7 Å². The van der Waals surface area contributed by atoms with Crippen LogP contribution in [0.3, 0.4) is 0 Å². The van der Waals surface area contributed by atoms with Crippen molar-refractivity contribution in [3.8, 4) is 5.69 Å². The number of halogens is 1. The van der Waals surface area contributed by atoms with E-state index in [-0.39, 0.29) is 36.5 Å². The summed E-state index contributed by atoms with van der Waals surface area (Å²) in [5.41, 5.74) is 3.16. The highest BCUT2D eigenvalue weighted by Crippen LogP contribution is 2.13. The summed E-state index contributed by atoms with van der Waals surface area (Å²) in [5, 5.41) is 20.7. The third kappa shape index (κ3) is 6.86. The van der Waals surface area contributed by atoms with Crippen molar-refractivity contribution in [2.24, 2.45) is 4.99 Å². The Kier molecular flexibility index (Phi) is 9.66. The van der Waals surface area contributed by atoms with Crippen LogP contribution in [0.1, 0.15) is 24.0 Å². The number of guanidine groups is 1. The van der Waals surface area contributed by atoms with Gasteiger partial charge in [-0.05, 0) is 24.6 Å². The van der Waals surface area contributed by atoms with Gasteiger partial charge in [-0.15, -0.1) is 24.0 Å². The van der Waals surface area contributed by atoms with E-state index < -0.39 is 0 Å². The van der Waals surface area contributed by atoms with Gasteiger partial charge in [-0.1, -0.05) is 48.5 Å². The van der Waals surface area contributed by atoms with Gasteiger partial charge in [0, 0.05) is 30.8 Å². The van der Waals surface area contributed by atoms with E-state index in [0.29, 0.717) is 13.1 Å². The standard InChI is InChI=1S/C22H27N5O.HI/c1-2-23-22(25-15-20(17-28)19-9-5-3-6-10-19)24-13-18-14-26-27(16-18)21-11-7-4-8-12-21;/h3-12,14,16,20,28H,2,13,15,17H2,1H3,(H2,23,24,25);1H. The smallest absolute Gasteiger partial charge is 0.191 e. The first-order valence-electron chi connectivity index (χ1n) is 9.57. The molecule has 3 rings (SSSR count). The van der Waals surface area contributed by atoms with Crippen molar-refractivity contribution in [2.45, 2.75) is 19.4 Å². The molecule has 1 unspecified atom stereocenters. The van der Waals surface area contributed by atoms with Crippen LogP contribution >= 0.6 is 24.0 Å². The first-order chi connectivity index (χ1) is 13.8. The third-order valence-electron chi connectivity index (χ3n) is 4.43. The molecule has 0 aliphatic carbocycles. The fourth-order valence-electron chi connectivity index (χ4n) is 2.91. The predicted octanol–water partition coefficient (Wildman–Crippen LogP) is 3.32. The minimum absolute atomic E-state index is 0. The molecule has 0 saturated heterocycles. The summed E-state index contributed by atoms with van der Waals surface area (Å²) in [5.74, 6) is 0.746. The fraction of sp³-hybridized carbons (Fsp3) is 0.273. The first-order valence-corrected chi connectivity index (χ1v) is 9.57. The van der Waals surface area contributed by atoms with Gasteiger partial charge < -0.3 is 15.7 Å². The van der Waals surface area contributed by atoms with Crippen LogP contribution in [0.4, 0.5) is 0 Å².